The van der Waals surface area contributed by atoms with Gasteiger partial charge in [-0.25, -0.2) is 0 Å². The number of nitrogens with one attached hydrogen (secondary N) is 1. The fourth-order valence-corrected chi connectivity index (χ4v) is 2.74. The molecule has 2 nitrogen and oxygen atoms in total. The predicted molar refractivity (Wildman–Crippen MR) is 91.1 cm³/mol. The summed E-state index contributed by atoms with van der Waals surface area (Å²) in [5, 5.41) is 4.85. The van der Waals surface area contributed by atoms with Gasteiger partial charge in [-0.3, -0.25) is 0 Å². The minimum absolute atomic E-state index is 0.102. The largest absolute Gasteiger partial charge is 0.464 e. The number of aryl methyl sites for hydroxylation is 1. The van der Waals surface area contributed by atoms with Gasteiger partial charge < -0.3 is 9.73 Å². The molecule has 0 aliphatic rings. The van der Waals surface area contributed by atoms with Gasteiger partial charge in [-0.15, -0.1) is 0 Å². The van der Waals surface area contributed by atoms with E-state index in [9.17, 15) is 0 Å². The smallest absolute Gasteiger partial charge is 0.138 e. The first-order valence-electron chi connectivity index (χ1n) is 7.85. The van der Waals surface area contributed by atoms with Crippen molar-refractivity contribution in [2.24, 2.45) is 0 Å². The number of benzene rings is 1. The van der Waals surface area contributed by atoms with Gasteiger partial charge in [0.05, 0.1) is 6.26 Å². The van der Waals surface area contributed by atoms with Crippen LogP contribution in [0.5, 0.6) is 0 Å². The molecule has 1 N–H and O–H groups in total. The van der Waals surface area contributed by atoms with Crippen molar-refractivity contribution in [1.82, 2.24) is 5.32 Å². The Labute approximate surface area is 128 Å². The van der Waals surface area contributed by atoms with Crippen LogP contribution in [0.2, 0.25) is 0 Å². The van der Waals surface area contributed by atoms with Crippen molar-refractivity contribution in [3.05, 3.63) is 35.1 Å². The summed E-state index contributed by atoms with van der Waals surface area (Å²) in [6, 6.07) is 4.43. The summed E-state index contributed by atoms with van der Waals surface area (Å²) in [5.74, 6) is 0. The summed E-state index contributed by atoms with van der Waals surface area (Å²) in [6.45, 7) is 16.4. The van der Waals surface area contributed by atoms with Crippen molar-refractivity contribution in [2.45, 2.75) is 65.8 Å². The average Bonchev–Trinajstić information content (AvgIpc) is 2.71. The van der Waals surface area contributed by atoms with E-state index in [-0.39, 0.29) is 11.0 Å². The Hall–Kier alpha value is -1.28. The van der Waals surface area contributed by atoms with Crippen LogP contribution in [0.15, 0.2) is 22.8 Å². The molecule has 2 aromatic rings. The minimum atomic E-state index is 0.102. The second-order valence-electron chi connectivity index (χ2n) is 8.07. The van der Waals surface area contributed by atoms with Gasteiger partial charge in [-0.1, -0.05) is 32.9 Å². The van der Waals surface area contributed by atoms with E-state index in [4.69, 9.17) is 4.42 Å². The Balaban J connectivity index is 2.35. The van der Waals surface area contributed by atoms with E-state index >= 15 is 0 Å². The highest BCUT2D eigenvalue weighted by molar-refractivity contribution is 5.87. The van der Waals surface area contributed by atoms with Crippen LogP contribution < -0.4 is 5.32 Å². The van der Waals surface area contributed by atoms with Crippen LogP contribution in [0.3, 0.4) is 0 Å². The second kappa shape index (κ2) is 5.49. The zero-order valence-electron chi connectivity index (χ0n) is 14.6. The Kier molecular flexibility index (Phi) is 4.21. The first-order valence-corrected chi connectivity index (χ1v) is 7.85. The van der Waals surface area contributed by atoms with Crippen molar-refractivity contribution in [3.63, 3.8) is 0 Å². The summed E-state index contributed by atoms with van der Waals surface area (Å²) >= 11 is 0. The molecule has 2 rings (SSSR count). The predicted octanol–water partition coefficient (Wildman–Crippen LogP) is 4.97. The molecule has 0 fully saturated rings. The van der Waals surface area contributed by atoms with Gasteiger partial charge in [0.15, 0.2) is 0 Å². The van der Waals surface area contributed by atoms with Crippen LogP contribution in [-0.2, 0) is 11.8 Å². The third kappa shape index (κ3) is 3.68. The molecule has 0 radical (unpaired) electrons. The van der Waals surface area contributed by atoms with Crippen molar-refractivity contribution in [1.29, 1.82) is 0 Å². The fraction of sp³-hybridized carbons (Fsp3) is 0.579. The molecule has 0 unspecified atom stereocenters. The van der Waals surface area contributed by atoms with Crippen molar-refractivity contribution < 1.29 is 4.42 Å². The molecule has 0 atom stereocenters. The van der Waals surface area contributed by atoms with E-state index in [1.54, 1.807) is 0 Å². The molecule has 0 saturated heterocycles. The summed E-state index contributed by atoms with van der Waals surface area (Å²) < 4.78 is 5.94. The Morgan fingerprint density at radius 3 is 2.29 bits per heavy atom. The number of hydrogen-bond acceptors (Lipinski definition) is 2. The molecule has 0 spiro atoms. The van der Waals surface area contributed by atoms with Crippen molar-refractivity contribution >= 4 is 11.0 Å². The maximum atomic E-state index is 5.94. The highest BCUT2D eigenvalue weighted by Crippen LogP contribution is 2.34. The van der Waals surface area contributed by atoms with E-state index in [1.807, 2.05) is 6.26 Å². The Bertz CT molecular complexity index is 623. The SMILES string of the molecule is Cc1ccc(C(C)(C)C)c2occ(CCNC(C)(C)C)c12. The molecule has 2 heteroatoms. The maximum absolute atomic E-state index is 5.94. The number of rotatable bonds is 3. The monoisotopic (exact) mass is 287 g/mol. The third-order valence-corrected chi connectivity index (χ3v) is 3.86. The van der Waals surface area contributed by atoms with Gasteiger partial charge in [-0.05, 0) is 57.2 Å². The van der Waals surface area contributed by atoms with E-state index in [0.717, 1.165) is 18.5 Å². The zero-order valence-corrected chi connectivity index (χ0v) is 14.6. The molecule has 116 valence electrons. The quantitative estimate of drug-likeness (QED) is 0.862. The topological polar surface area (TPSA) is 25.2 Å². The average molecular weight is 287 g/mol. The highest BCUT2D eigenvalue weighted by Gasteiger charge is 2.21. The molecule has 0 saturated carbocycles. The van der Waals surface area contributed by atoms with Crippen molar-refractivity contribution in [3.8, 4) is 0 Å². The van der Waals surface area contributed by atoms with Crippen molar-refractivity contribution in [2.75, 3.05) is 6.54 Å². The Morgan fingerprint density at radius 2 is 1.71 bits per heavy atom. The standard InChI is InChI=1S/C19H29NO/c1-13-8-9-15(18(2,3)4)17-16(13)14(12-21-17)10-11-20-19(5,6)7/h8-9,12,20H,10-11H2,1-7H3. The number of hydrogen-bond donors (Lipinski definition) is 1. The molecule has 1 aromatic carbocycles. The zero-order chi connectivity index (χ0) is 15.8. The van der Waals surface area contributed by atoms with E-state index in [0.29, 0.717) is 0 Å². The number of fused-ring (bicyclic) bond motifs is 1. The molecule has 1 heterocycles. The lowest BCUT2D eigenvalue weighted by molar-refractivity contribution is 0.429. The van der Waals surface area contributed by atoms with Crippen LogP contribution in [0.4, 0.5) is 0 Å². The molecule has 0 bridgehead atoms. The summed E-state index contributed by atoms with van der Waals surface area (Å²) in [6.07, 6.45) is 2.94. The van der Waals surface area contributed by atoms with Crippen LogP contribution in [0, 0.1) is 6.92 Å². The molecule has 0 amide bonds. The second-order valence-corrected chi connectivity index (χ2v) is 8.07. The van der Waals surface area contributed by atoms with Gasteiger partial charge in [0.25, 0.3) is 0 Å². The van der Waals surface area contributed by atoms with E-state index in [2.05, 4.69) is 65.9 Å². The normalized spacial score (nSPS) is 13.1. The molecular weight excluding hydrogens is 258 g/mol. The minimum Gasteiger partial charge on any atom is -0.464 e. The first kappa shape index (κ1) is 16.1. The maximum Gasteiger partial charge on any atom is 0.138 e. The van der Waals surface area contributed by atoms with E-state index in [1.165, 1.54) is 22.1 Å². The van der Waals surface area contributed by atoms with Crippen LogP contribution >= 0.6 is 0 Å². The number of furan rings is 1. The van der Waals surface area contributed by atoms with Gasteiger partial charge in [0.1, 0.15) is 5.58 Å². The fourth-order valence-electron chi connectivity index (χ4n) is 2.74. The first-order chi connectivity index (χ1) is 9.59. The summed E-state index contributed by atoms with van der Waals surface area (Å²) in [7, 11) is 0. The molecule has 1 aromatic heterocycles. The summed E-state index contributed by atoms with van der Waals surface area (Å²) in [4.78, 5) is 0. The lowest BCUT2D eigenvalue weighted by atomic mass is 9.85. The van der Waals surface area contributed by atoms with Gasteiger partial charge in [-0.2, -0.15) is 0 Å². The van der Waals surface area contributed by atoms with Crippen LogP contribution in [-0.4, -0.2) is 12.1 Å². The molecular formula is C19H29NO. The lowest BCUT2D eigenvalue weighted by Crippen LogP contribution is -2.37. The molecule has 0 aliphatic carbocycles. The molecule has 0 aliphatic heterocycles. The summed E-state index contributed by atoms with van der Waals surface area (Å²) in [5.41, 5.74) is 5.23. The van der Waals surface area contributed by atoms with E-state index < -0.39 is 0 Å². The third-order valence-electron chi connectivity index (χ3n) is 3.86. The van der Waals surface area contributed by atoms with Crippen LogP contribution in [0.25, 0.3) is 11.0 Å². The van der Waals surface area contributed by atoms with Gasteiger partial charge in [0.2, 0.25) is 0 Å². The van der Waals surface area contributed by atoms with Gasteiger partial charge >= 0.3 is 0 Å². The molecule has 21 heavy (non-hydrogen) atoms. The Morgan fingerprint density at radius 1 is 1.05 bits per heavy atom. The van der Waals surface area contributed by atoms with Crippen LogP contribution in [0.1, 0.15) is 58.2 Å². The van der Waals surface area contributed by atoms with Gasteiger partial charge in [0, 0.05) is 16.5 Å². The highest BCUT2D eigenvalue weighted by atomic mass is 16.3. The lowest BCUT2D eigenvalue weighted by Gasteiger charge is -2.21.